The Morgan fingerprint density at radius 3 is 2.16 bits per heavy atom. The summed E-state index contributed by atoms with van der Waals surface area (Å²) in [5.41, 5.74) is 4.80. The summed E-state index contributed by atoms with van der Waals surface area (Å²) in [5, 5.41) is 4.78. The van der Waals surface area contributed by atoms with Gasteiger partial charge >= 0.3 is 12.0 Å². The maximum absolute atomic E-state index is 13.6. The van der Waals surface area contributed by atoms with Gasteiger partial charge in [0.15, 0.2) is 0 Å². The van der Waals surface area contributed by atoms with Crippen molar-refractivity contribution in [2.75, 3.05) is 6.54 Å². The number of imide groups is 1. The second-order valence-electron chi connectivity index (χ2n) is 10.7. The lowest BCUT2D eigenvalue weighted by Gasteiger charge is -2.35. The number of nitrogens with one attached hydrogen (secondary N) is 2. The number of rotatable bonds is 12. The molecule has 2 unspecified atom stereocenters. The van der Waals surface area contributed by atoms with Crippen LogP contribution in [0, 0.1) is 0 Å². The fourth-order valence-electron chi connectivity index (χ4n) is 5.40. The third-order valence-electron chi connectivity index (χ3n) is 7.75. The van der Waals surface area contributed by atoms with Crippen molar-refractivity contribution in [3.8, 4) is 11.1 Å². The van der Waals surface area contributed by atoms with Crippen LogP contribution >= 0.6 is 11.8 Å². The molecule has 0 saturated carbocycles. The van der Waals surface area contributed by atoms with E-state index < -0.39 is 12.0 Å². The maximum Gasteiger partial charge on any atom is 0.338 e. The molecule has 5 rings (SSSR count). The van der Waals surface area contributed by atoms with E-state index in [0.717, 1.165) is 59.7 Å². The van der Waals surface area contributed by atoms with Crippen molar-refractivity contribution in [3.63, 3.8) is 0 Å². The molecule has 2 aliphatic heterocycles. The number of benzene rings is 3. The SMILES string of the molecule is CC1=C(C(=O)OCc2ccccc2)C(c2ccc(-c3ccccc3)cc2)NC(=O)N1CCCCCCC1SC(=O)NC1=O. The number of ether oxygens (including phenoxy) is 1. The first kappa shape index (κ1) is 30.1. The lowest BCUT2D eigenvalue weighted by atomic mass is 9.93. The van der Waals surface area contributed by atoms with E-state index in [0.29, 0.717) is 24.2 Å². The number of thioether (sulfide) groups is 1. The van der Waals surface area contributed by atoms with Crippen molar-refractivity contribution >= 4 is 34.9 Å². The minimum absolute atomic E-state index is 0.132. The number of allylic oxidation sites excluding steroid dienone is 1. The van der Waals surface area contributed by atoms with Gasteiger partial charge in [0.25, 0.3) is 5.24 Å². The number of urea groups is 1. The number of nitrogens with zero attached hydrogens (tertiary/aromatic N) is 1. The highest BCUT2D eigenvalue weighted by Gasteiger charge is 2.36. The van der Waals surface area contributed by atoms with Crippen molar-refractivity contribution in [3.05, 3.63) is 107 Å². The van der Waals surface area contributed by atoms with Gasteiger partial charge in [-0.15, -0.1) is 0 Å². The monoisotopic (exact) mass is 597 g/mol. The minimum Gasteiger partial charge on any atom is -0.457 e. The molecular weight excluding hydrogens is 562 g/mol. The van der Waals surface area contributed by atoms with Crippen LogP contribution in [0.2, 0.25) is 0 Å². The summed E-state index contributed by atoms with van der Waals surface area (Å²) in [7, 11) is 0. The summed E-state index contributed by atoms with van der Waals surface area (Å²) in [5.74, 6) is -0.679. The molecule has 2 N–H and O–H groups in total. The first-order valence-corrected chi connectivity index (χ1v) is 15.5. The Balaban J connectivity index is 1.28. The molecule has 0 aliphatic carbocycles. The molecule has 4 amide bonds. The highest BCUT2D eigenvalue weighted by Crippen LogP contribution is 2.33. The maximum atomic E-state index is 13.6. The summed E-state index contributed by atoms with van der Waals surface area (Å²) in [6, 6.07) is 26.5. The summed E-state index contributed by atoms with van der Waals surface area (Å²) < 4.78 is 5.76. The molecule has 3 aromatic rings. The third-order valence-corrected chi connectivity index (χ3v) is 8.80. The molecule has 2 aliphatic rings. The Morgan fingerprint density at radius 2 is 1.49 bits per heavy atom. The zero-order chi connectivity index (χ0) is 30.2. The highest BCUT2D eigenvalue weighted by atomic mass is 32.2. The largest absolute Gasteiger partial charge is 0.457 e. The van der Waals surface area contributed by atoms with Gasteiger partial charge in [-0.25, -0.2) is 9.59 Å². The van der Waals surface area contributed by atoms with Gasteiger partial charge < -0.3 is 10.1 Å². The molecule has 0 radical (unpaired) electrons. The molecule has 2 atom stereocenters. The molecule has 0 spiro atoms. The van der Waals surface area contributed by atoms with E-state index in [1.165, 1.54) is 0 Å². The van der Waals surface area contributed by atoms with Crippen molar-refractivity contribution < 1.29 is 23.9 Å². The second-order valence-corrected chi connectivity index (χ2v) is 11.8. The zero-order valence-corrected chi connectivity index (χ0v) is 24.9. The zero-order valence-electron chi connectivity index (χ0n) is 24.1. The van der Waals surface area contributed by atoms with Gasteiger partial charge in [0.2, 0.25) is 5.91 Å². The highest BCUT2D eigenvalue weighted by molar-refractivity contribution is 8.15. The first-order valence-electron chi connectivity index (χ1n) is 14.6. The third kappa shape index (κ3) is 7.53. The van der Waals surface area contributed by atoms with E-state index in [-0.39, 0.29) is 29.0 Å². The number of hydrogen-bond acceptors (Lipinski definition) is 6. The molecule has 0 aromatic heterocycles. The van der Waals surface area contributed by atoms with Crippen molar-refractivity contribution in [1.82, 2.24) is 15.5 Å². The topological polar surface area (TPSA) is 105 Å². The van der Waals surface area contributed by atoms with Crippen LogP contribution in [0.1, 0.15) is 56.2 Å². The predicted molar refractivity (Wildman–Crippen MR) is 167 cm³/mol. The van der Waals surface area contributed by atoms with Crippen LogP contribution < -0.4 is 10.6 Å². The lowest BCUT2D eigenvalue weighted by molar-refractivity contribution is -0.141. The Morgan fingerprint density at radius 1 is 0.837 bits per heavy atom. The van der Waals surface area contributed by atoms with Gasteiger partial charge in [0.05, 0.1) is 16.9 Å². The molecule has 2 heterocycles. The summed E-state index contributed by atoms with van der Waals surface area (Å²) in [6.45, 7) is 2.38. The summed E-state index contributed by atoms with van der Waals surface area (Å²) in [4.78, 5) is 51.7. The Bertz CT molecular complexity index is 1490. The van der Waals surface area contributed by atoms with Gasteiger partial charge in [0.1, 0.15) is 6.61 Å². The molecular formula is C34H35N3O5S. The van der Waals surface area contributed by atoms with Crippen LogP contribution in [-0.2, 0) is 20.9 Å². The van der Waals surface area contributed by atoms with Gasteiger partial charge in [-0.1, -0.05) is 116 Å². The van der Waals surface area contributed by atoms with Crippen LogP contribution in [0.4, 0.5) is 9.59 Å². The van der Waals surface area contributed by atoms with Gasteiger partial charge in [-0.3, -0.25) is 19.8 Å². The Hall–Kier alpha value is -4.37. The van der Waals surface area contributed by atoms with Crippen molar-refractivity contribution in [1.29, 1.82) is 0 Å². The lowest BCUT2D eigenvalue weighted by Crippen LogP contribution is -2.48. The fraction of sp³-hybridized carbons (Fsp3) is 0.294. The Kier molecular flexibility index (Phi) is 9.94. The smallest absolute Gasteiger partial charge is 0.338 e. The van der Waals surface area contributed by atoms with Gasteiger partial charge in [-0.2, -0.15) is 0 Å². The van der Waals surface area contributed by atoms with Crippen molar-refractivity contribution in [2.45, 2.75) is 56.9 Å². The summed E-state index contributed by atoms with van der Waals surface area (Å²) in [6.07, 6.45) is 3.92. The quantitative estimate of drug-likeness (QED) is 0.177. The number of amides is 4. The van der Waals surface area contributed by atoms with Crippen LogP contribution in [0.3, 0.4) is 0 Å². The van der Waals surface area contributed by atoms with E-state index in [1.807, 2.05) is 84.9 Å². The molecule has 8 nitrogen and oxygen atoms in total. The average Bonchev–Trinajstić information content (AvgIpc) is 3.35. The fourth-order valence-corrected chi connectivity index (χ4v) is 6.27. The number of carbonyl (C=O) groups excluding carboxylic acids is 4. The molecule has 222 valence electrons. The van der Waals surface area contributed by atoms with Crippen LogP contribution in [0.5, 0.6) is 0 Å². The number of esters is 1. The average molecular weight is 598 g/mol. The second kappa shape index (κ2) is 14.2. The minimum atomic E-state index is -0.644. The molecule has 9 heteroatoms. The molecule has 1 saturated heterocycles. The van der Waals surface area contributed by atoms with E-state index in [2.05, 4.69) is 10.6 Å². The number of hydrogen-bond donors (Lipinski definition) is 2. The molecule has 0 bridgehead atoms. The van der Waals surface area contributed by atoms with Crippen LogP contribution in [0.15, 0.2) is 96.2 Å². The van der Waals surface area contributed by atoms with E-state index in [1.54, 1.807) is 11.8 Å². The van der Waals surface area contributed by atoms with Crippen LogP contribution in [0.25, 0.3) is 11.1 Å². The van der Waals surface area contributed by atoms with Crippen molar-refractivity contribution in [2.24, 2.45) is 0 Å². The van der Waals surface area contributed by atoms with E-state index in [9.17, 15) is 19.2 Å². The standard InChI is InChI=1S/C34H35N3O5S/c1-23-29(32(39)42-22-24-12-6-4-7-13-24)30(27-19-17-26(18-20-27)25-14-8-5-9-15-25)35-33(40)37(23)21-11-3-2-10-16-28-31(38)36-34(41)43-28/h4-9,12-15,17-20,28,30H,2-3,10-11,16,21-22H2,1H3,(H,35,40)(H,36,38,41). The molecule has 43 heavy (non-hydrogen) atoms. The van der Waals surface area contributed by atoms with Gasteiger partial charge in [-0.05, 0) is 42.0 Å². The van der Waals surface area contributed by atoms with E-state index >= 15 is 0 Å². The Labute approximate surface area is 255 Å². The normalized spacial score (nSPS) is 18.4. The van der Waals surface area contributed by atoms with Gasteiger partial charge in [0, 0.05) is 12.2 Å². The number of carbonyl (C=O) groups is 4. The van der Waals surface area contributed by atoms with E-state index in [4.69, 9.17) is 4.74 Å². The number of unbranched alkanes of at least 4 members (excludes halogenated alkanes) is 3. The first-order chi connectivity index (χ1) is 20.9. The predicted octanol–water partition coefficient (Wildman–Crippen LogP) is 6.74. The molecule has 3 aromatic carbocycles. The van der Waals surface area contributed by atoms with Crippen LogP contribution in [-0.4, -0.2) is 39.8 Å². The summed E-state index contributed by atoms with van der Waals surface area (Å²) >= 11 is 1.05. The molecule has 1 fully saturated rings.